The number of nitrogens with one attached hydrogen (secondary N) is 1. The van der Waals surface area contributed by atoms with Gasteiger partial charge in [-0.2, -0.15) is 0 Å². The lowest BCUT2D eigenvalue weighted by atomic mass is 9.88. The fourth-order valence-electron chi connectivity index (χ4n) is 4.02. The molecule has 4 heteroatoms. The van der Waals surface area contributed by atoms with Crippen LogP contribution in [0.25, 0.3) is 0 Å². The number of halogens is 2. The van der Waals surface area contributed by atoms with Gasteiger partial charge in [-0.1, -0.05) is 29.3 Å². The Hall–Kier alpha value is -0.280. The molecule has 0 amide bonds. The maximum absolute atomic E-state index is 6.23. The summed E-state index contributed by atoms with van der Waals surface area (Å²) in [4.78, 5) is 0. The van der Waals surface area contributed by atoms with Gasteiger partial charge in [0.05, 0.1) is 10.0 Å². The summed E-state index contributed by atoms with van der Waals surface area (Å²) in [5.74, 6) is 1.48. The van der Waals surface area contributed by atoms with Crippen LogP contribution in [0.3, 0.4) is 0 Å². The van der Waals surface area contributed by atoms with E-state index in [0.717, 1.165) is 38.6 Å². The topological polar surface area (TPSA) is 21.3 Å². The van der Waals surface area contributed by atoms with Crippen LogP contribution in [0.5, 0.6) is 0 Å². The van der Waals surface area contributed by atoms with Gasteiger partial charge in [0.2, 0.25) is 0 Å². The van der Waals surface area contributed by atoms with E-state index in [2.05, 4.69) is 17.4 Å². The van der Waals surface area contributed by atoms with Gasteiger partial charge >= 0.3 is 0 Å². The lowest BCUT2D eigenvalue weighted by Crippen LogP contribution is -2.24. The Balaban J connectivity index is 1.87. The first-order valence-electron chi connectivity index (χ1n) is 7.44. The van der Waals surface area contributed by atoms with E-state index in [1.54, 1.807) is 0 Å². The second kappa shape index (κ2) is 5.84. The molecule has 0 bridgehead atoms. The summed E-state index contributed by atoms with van der Waals surface area (Å²) in [6.07, 6.45) is 2.33. The predicted octanol–water partition coefficient (Wildman–Crippen LogP) is 3.90. The van der Waals surface area contributed by atoms with Crippen molar-refractivity contribution in [3.05, 3.63) is 33.8 Å². The van der Waals surface area contributed by atoms with Crippen LogP contribution in [0.1, 0.15) is 25.3 Å². The Bertz CT molecular complexity index is 479. The van der Waals surface area contributed by atoms with Gasteiger partial charge in [0.25, 0.3) is 0 Å². The van der Waals surface area contributed by atoms with Crippen LogP contribution in [0.15, 0.2) is 18.2 Å². The zero-order valence-electron chi connectivity index (χ0n) is 11.8. The minimum absolute atomic E-state index is 0.243. The number of ether oxygens (including phenoxy) is 1. The Morgan fingerprint density at radius 3 is 2.80 bits per heavy atom. The van der Waals surface area contributed by atoms with E-state index in [1.807, 2.05) is 13.0 Å². The van der Waals surface area contributed by atoms with Crippen LogP contribution in [-0.4, -0.2) is 26.3 Å². The van der Waals surface area contributed by atoms with Gasteiger partial charge in [0.15, 0.2) is 0 Å². The van der Waals surface area contributed by atoms with Gasteiger partial charge < -0.3 is 10.1 Å². The van der Waals surface area contributed by atoms with Crippen molar-refractivity contribution >= 4 is 23.2 Å². The molecule has 0 spiro atoms. The molecule has 1 aromatic rings. The van der Waals surface area contributed by atoms with E-state index in [-0.39, 0.29) is 5.41 Å². The van der Waals surface area contributed by atoms with Gasteiger partial charge in [-0.15, -0.1) is 0 Å². The van der Waals surface area contributed by atoms with E-state index in [9.17, 15) is 0 Å². The summed E-state index contributed by atoms with van der Waals surface area (Å²) >= 11 is 12.3. The van der Waals surface area contributed by atoms with Crippen molar-refractivity contribution in [1.82, 2.24) is 5.32 Å². The first-order valence-corrected chi connectivity index (χ1v) is 8.19. The molecule has 1 aromatic carbocycles. The maximum Gasteiger partial charge on any atom is 0.0595 e. The Labute approximate surface area is 130 Å². The molecule has 1 heterocycles. The molecule has 2 aliphatic rings. The van der Waals surface area contributed by atoms with Crippen LogP contribution in [0, 0.1) is 11.8 Å². The lowest BCUT2D eigenvalue weighted by Gasteiger charge is -2.19. The Morgan fingerprint density at radius 1 is 1.30 bits per heavy atom. The van der Waals surface area contributed by atoms with E-state index in [1.165, 1.54) is 12.0 Å². The summed E-state index contributed by atoms with van der Waals surface area (Å²) in [7, 11) is 0. The molecule has 1 aliphatic carbocycles. The zero-order chi connectivity index (χ0) is 14.2. The quantitative estimate of drug-likeness (QED) is 0.832. The Kier molecular flexibility index (Phi) is 4.28. The molecule has 1 N–H and O–H groups in total. The molecule has 0 aromatic heterocycles. The average molecular weight is 314 g/mol. The highest BCUT2D eigenvalue weighted by atomic mass is 35.5. The molecule has 0 radical (unpaired) electrons. The van der Waals surface area contributed by atoms with Crippen molar-refractivity contribution in [3.63, 3.8) is 0 Å². The molecular formula is C16H21Cl2NO. The van der Waals surface area contributed by atoms with Crippen molar-refractivity contribution in [2.75, 3.05) is 26.3 Å². The number of rotatable bonds is 5. The first kappa shape index (κ1) is 14.6. The van der Waals surface area contributed by atoms with E-state index in [0.29, 0.717) is 16.0 Å². The third-order valence-electron chi connectivity index (χ3n) is 5.02. The van der Waals surface area contributed by atoms with Crippen molar-refractivity contribution in [3.8, 4) is 0 Å². The van der Waals surface area contributed by atoms with E-state index in [4.69, 9.17) is 27.9 Å². The maximum atomic E-state index is 6.23. The fraction of sp³-hybridized carbons (Fsp3) is 0.625. The monoisotopic (exact) mass is 313 g/mol. The summed E-state index contributed by atoms with van der Waals surface area (Å²) in [5, 5.41) is 4.82. The number of fused-ring (bicyclic) bond motifs is 1. The fourth-order valence-corrected chi connectivity index (χ4v) is 4.32. The van der Waals surface area contributed by atoms with Crippen LogP contribution < -0.4 is 5.32 Å². The van der Waals surface area contributed by atoms with Crippen LogP contribution in [0.4, 0.5) is 0 Å². The molecule has 20 heavy (non-hydrogen) atoms. The lowest BCUT2D eigenvalue weighted by molar-refractivity contribution is 0.134. The molecule has 2 fully saturated rings. The third-order valence-corrected chi connectivity index (χ3v) is 5.76. The molecule has 3 rings (SSSR count). The van der Waals surface area contributed by atoms with E-state index >= 15 is 0 Å². The number of piperidine rings is 1. The van der Waals surface area contributed by atoms with Crippen molar-refractivity contribution in [2.45, 2.75) is 25.2 Å². The van der Waals surface area contributed by atoms with Crippen molar-refractivity contribution < 1.29 is 4.74 Å². The molecule has 1 saturated heterocycles. The van der Waals surface area contributed by atoms with Crippen LogP contribution in [-0.2, 0) is 10.2 Å². The molecule has 0 unspecified atom stereocenters. The summed E-state index contributed by atoms with van der Waals surface area (Å²) < 4.78 is 5.61. The van der Waals surface area contributed by atoms with Crippen molar-refractivity contribution in [1.29, 1.82) is 0 Å². The van der Waals surface area contributed by atoms with Crippen LogP contribution >= 0.6 is 23.2 Å². The molecule has 3 atom stereocenters. The Morgan fingerprint density at radius 2 is 2.15 bits per heavy atom. The highest BCUT2D eigenvalue weighted by Gasteiger charge is 2.64. The summed E-state index contributed by atoms with van der Waals surface area (Å²) in [6.45, 7) is 5.89. The largest absolute Gasteiger partial charge is 0.382 e. The average Bonchev–Trinajstić information content (AvgIpc) is 3.12. The SMILES string of the molecule is CCOCC[C@]1(c2ccc(Cl)c(Cl)c2)[C@@H]2CCNC[C@@H]21. The molecular weight excluding hydrogens is 293 g/mol. The first-order chi connectivity index (χ1) is 9.70. The van der Waals surface area contributed by atoms with Crippen LogP contribution in [0.2, 0.25) is 10.0 Å². The predicted molar refractivity (Wildman–Crippen MR) is 83.7 cm³/mol. The smallest absolute Gasteiger partial charge is 0.0595 e. The summed E-state index contributed by atoms with van der Waals surface area (Å²) in [6, 6.07) is 6.14. The molecule has 1 saturated carbocycles. The second-order valence-corrected chi connectivity index (χ2v) is 6.64. The zero-order valence-corrected chi connectivity index (χ0v) is 13.3. The second-order valence-electron chi connectivity index (χ2n) is 5.82. The molecule has 1 aliphatic heterocycles. The summed E-state index contributed by atoms with van der Waals surface area (Å²) in [5.41, 5.74) is 1.58. The van der Waals surface area contributed by atoms with Gasteiger partial charge in [-0.05, 0) is 62.4 Å². The highest BCUT2D eigenvalue weighted by molar-refractivity contribution is 6.42. The highest BCUT2D eigenvalue weighted by Crippen LogP contribution is 2.64. The van der Waals surface area contributed by atoms with Crippen molar-refractivity contribution in [2.24, 2.45) is 11.8 Å². The minimum Gasteiger partial charge on any atom is -0.382 e. The van der Waals surface area contributed by atoms with Gasteiger partial charge in [-0.25, -0.2) is 0 Å². The standard InChI is InChI=1S/C16H21Cl2NO/c1-2-20-8-6-16(12-5-7-19-10-13(12)16)11-3-4-14(17)15(18)9-11/h3-4,9,12-13,19H,2,5-8,10H2,1H3/t12-,13+,16+/m1/s1. The number of benzene rings is 1. The number of hydrogen-bond acceptors (Lipinski definition) is 2. The normalized spacial score (nSPS) is 31.9. The number of hydrogen-bond donors (Lipinski definition) is 1. The molecule has 110 valence electrons. The van der Waals surface area contributed by atoms with Gasteiger partial charge in [0, 0.05) is 18.6 Å². The third kappa shape index (κ3) is 2.37. The van der Waals surface area contributed by atoms with Gasteiger partial charge in [0.1, 0.15) is 0 Å². The molecule has 2 nitrogen and oxygen atoms in total. The van der Waals surface area contributed by atoms with Gasteiger partial charge in [-0.3, -0.25) is 0 Å². The minimum atomic E-state index is 0.243. The van der Waals surface area contributed by atoms with E-state index < -0.39 is 0 Å².